The first-order chi connectivity index (χ1) is 6.73. The third-order valence-corrected chi connectivity index (χ3v) is 5.19. The van der Waals surface area contributed by atoms with Crippen LogP contribution in [0.15, 0.2) is 11.1 Å². The Morgan fingerprint density at radius 2 is 1.93 bits per heavy atom. The molecule has 0 aliphatic carbocycles. The van der Waals surface area contributed by atoms with Gasteiger partial charge in [-0.25, -0.2) is 27.3 Å². The molecule has 0 spiro atoms. The van der Waals surface area contributed by atoms with Crippen LogP contribution in [0.5, 0.6) is 0 Å². The van der Waals surface area contributed by atoms with E-state index >= 15 is 0 Å². The van der Waals surface area contributed by atoms with Crippen LogP contribution in [0.25, 0.3) is 0 Å². The molecule has 0 bridgehead atoms. The predicted octanol–water partition coefficient (Wildman–Crippen LogP) is 1.88. The molecule has 9 heteroatoms. The zero-order chi connectivity index (χ0) is 11.8. The summed E-state index contributed by atoms with van der Waals surface area (Å²) >= 11 is 3.36. The summed E-state index contributed by atoms with van der Waals surface area (Å²) < 4.78 is 47.3. The van der Waals surface area contributed by atoms with Gasteiger partial charge in [0, 0.05) is 5.56 Å². The molecule has 15 heavy (non-hydrogen) atoms. The van der Waals surface area contributed by atoms with E-state index in [1.165, 1.54) is 0 Å². The van der Waals surface area contributed by atoms with E-state index in [1.54, 1.807) is 45.2 Å². The molecule has 1 heterocycles. The number of pyridine rings is 1. The Kier molecular flexibility index (Phi) is 4.22. The van der Waals surface area contributed by atoms with Gasteiger partial charge in [0.15, 0.2) is 5.03 Å². The van der Waals surface area contributed by atoms with Crippen molar-refractivity contribution in [1.82, 2.24) is 4.98 Å². The van der Waals surface area contributed by atoms with Crippen molar-refractivity contribution in [1.29, 1.82) is 0 Å². The summed E-state index contributed by atoms with van der Waals surface area (Å²) in [5, 5.41) is 4.26. The van der Waals surface area contributed by atoms with Crippen molar-refractivity contribution in [2.24, 2.45) is 5.14 Å². The summed E-state index contributed by atoms with van der Waals surface area (Å²) in [5.41, 5.74) is -0.376. The number of primary sulfonamides is 1. The summed E-state index contributed by atoms with van der Waals surface area (Å²) in [6, 6.07) is 0.796. The summed E-state index contributed by atoms with van der Waals surface area (Å²) in [5.74, 6) is 0. The molecule has 0 aliphatic rings. The van der Waals surface area contributed by atoms with Crippen molar-refractivity contribution < 1.29 is 17.2 Å². The van der Waals surface area contributed by atoms with Crippen molar-refractivity contribution in [3.63, 3.8) is 0 Å². The van der Waals surface area contributed by atoms with Crippen molar-refractivity contribution >= 4 is 55.2 Å². The Hall–Kier alpha value is 0.380. The summed E-state index contributed by atoms with van der Waals surface area (Å²) in [6.07, 6.45) is -2.76. The highest BCUT2D eigenvalue weighted by Crippen LogP contribution is 2.28. The Morgan fingerprint density at radius 3 is 2.33 bits per heavy atom. The van der Waals surface area contributed by atoms with E-state index in [1.807, 2.05) is 0 Å². The van der Waals surface area contributed by atoms with E-state index in [0.717, 1.165) is 6.07 Å². The number of hydrogen-bond donors (Lipinski definition) is 1. The van der Waals surface area contributed by atoms with Gasteiger partial charge in [0.25, 0.3) is 16.4 Å². The molecule has 1 aromatic heterocycles. The van der Waals surface area contributed by atoms with Gasteiger partial charge in [-0.3, -0.25) is 0 Å². The Labute approximate surface area is 112 Å². The van der Waals surface area contributed by atoms with Crippen molar-refractivity contribution in [3.05, 3.63) is 18.9 Å². The molecule has 0 fully saturated rings. The van der Waals surface area contributed by atoms with Crippen molar-refractivity contribution in [2.75, 3.05) is 0 Å². The first-order valence-corrected chi connectivity index (χ1v) is 7.10. The van der Waals surface area contributed by atoms with Gasteiger partial charge in [0.05, 0.1) is 3.57 Å². The standard InChI is InChI=1S/C6H4F2I2N2O2S/c7-5(8)2-1-3(15(11,13)14)12-6(10)4(2)9/h1,5H,(H2,11,13,14). The normalized spacial score (nSPS) is 12.1. The van der Waals surface area contributed by atoms with Crippen LogP contribution in [0.1, 0.15) is 12.0 Å². The van der Waals surface area contributed by atoms with Crippen LogP contribution in [-0.4, -0.2) is 13.4 Å². The number of nitrogens with zero attached hydrogens (tertiary/aromatic N) is 1. The number of halogens is 4. The Morgan fingerprint density at radius 1 is 1.40 bits per heavy atom. The minimum Gasteiger partial charge on any atom is -0.228 e. The van der Waals surface area contributed by atoms with E-state index in [0.29, 0.717) is 0 Å². The minimum atomic E-state index is -4.05. The second-order valence-corrected chi connectivity index (χ2v) is 6.11. The molecule has 0 saturated carbocycles. The van der Waals surface area contributed by atoms with E-state index < -0.39 is 21.5 Å². The molecule has 0 atom stereocenters. The maximum Gasteiger partial charge on any atom is 0.265 e. The van der Waals surface area contributed by atoms with Crippen LogP contribution in [0.2, 0.25) is 0 Å². The van der Waals surface area contributed by atoms with Crippen LogP contribution in [-0.2, 0) is 10.0 Å². The molecule has 1 aromatic rings. The van der Waals surface area contributed by atoms with E-state index in [4.69, 9.17) is 5.14 Å². The molecule has 4 nitrogen and oxygen atoms in total. The second-order valence-electron chi connectivity index (χ2n) is 2.50. The predicted molar refractivity (Wildman–Crippen MR) is 66.0 cm³/mol. The monoisotopic (exact) mass is 460 g/mol. The summed E-state index contributed by atoms with van der Waals surface area (Å²) in [4.78, 5) is 3.62. The number of alkyl halides is 2. The molecule has 0 aliphatic heterocycles. The zero-order valence-corrected chi connectivity index (χ0v) is 12.0. The van der Waals surface area contributed by atoms with Crippen LogP contribution >= 0.6 is 45.2 Å². The number of hydrogen-bond acceptors (Lipinski definition) is 3. The van der Waals surface area contributed by atoms with Crippen LogP contribution in [0, 0.1) is 7.27 Å². The number of sulfonamides is 1. The van der Waals surface area contributed by atoms with Gasteiger partial charge in [-0.2, -0.15) is 0 Å². The molecule has 2 N–H and O–H groups in total. The van der Waals surface area contributed by atoms with Gasteiger partial charge in [-0.1, -0.05) is 0 Å². The fraction of sp³-hybridized carbons (Fsp3) is 0.167. The van der Waals surface area contributed by atoms with E-state index in [9.17, 15) is 17.2 Å². The third-order valence-electron chi connectivity index (χ3n) is 1.45. The van der Waals surface area contributed by atoms with E-state index in [2.05, 4.69) is 4.98 Å². The van der Waals surface area contributed by atoms with Gasteiger partial charge in [-0.05, 0) is 51.2 Å². The first kappa shape index (κ1) is 13.4. The van der Waals surface area contributed by atoms with Gasteiger partial charge >= 0.3 is 0 Å². The highest BCUT2D eigenvalue weighted by atomic mass is 127. The zero-order valence-electron chi connectivity index (χ0n) is 6.92. The maximum atomic E-state index is 12.5. The molecule has 0 saturated heterocycles. The second kappa shape index (κ2) is 4.71. The Bertz CT molecular complexity index is 492. The molecule has 84 valence electrons. The van der Waals surface area contributed by atoms with Gasteiger partial charge in [-0.15, -0.1) is 0 Å². The molecule has 0 aromatic carbocycles. The molecular weight excluding hydrogens is 456 g/mol. The van der Waals surface area contributed by atoms with Gasteiger partial charge < -0.3 is 0 Å². The van der Waals surface area contributed by atoms with Gasteiger partial charge in [0.1, 0.15) is 3.70 Å². The lowest BCUT2D eigenvalue weighted by Gasteiger charge is -2.07. The van der Waals surface area contributed by atoms with Crippen molar-refractivity contribution in [2.45, 2.75) is 11.5 Å². The molecule has 0 unspecified atom stereocenters. The highest BCUT2D eigenvalue weighted by molar-refractivity contribution is 14.1. The average molecular weight is 460 g/mol. The summed E-state index contributed by atoms with van der Waals surface area (Å²) in [7, 11) is -4.05. The number of rotatable bonds is 2. The van der Waals surface area contributed by atoms with Crippen LogP contribution in [0.4, 0.5) is 8.78 Å². The lowest BCUT2D eigenvalue weighted by molar-refractivity contribution is 0.150. The Balaban J connectivity index is 3.50. The highest BCUT2D eigenvalue weighted by Gasteiger charge is 2.20. The fourth-order valence-electron chi connectivity index (χ4n) is 0.798. The van der Waals surface area contributed by atoms with Crippen molar-refractivity contribution in [3.8, 4) is 0 Å². The van der Waals surface area contributed by atoms with Gasteiger partial charge in [0.2, 0.25) is 0 Å². The largest absolute Gasteiger partial charge is 0.265 e. The lowest BCUT2D eigenvalue weighted by atomic mass is 10.3. The van der Waals surface area contributed by atoms with Crippen LogP contribution < -0.4 is 5.14 Å². The topological polar surface area (TPSA) is 73.1 Å². The lowest BCUT2D eigenvalue weighted by Crippen LogP contribution is -2.16. The van der Waals surface area contributed by atoms with E-state index in [-0.39, 0.29) is 12.8 Å². The maximum absolute atomic E-state index is 12.5. The minimum absolute atomic E-state index is 0.190. The number of aromatic nitrogens is 1. The molecular formula is C6H4F2I2N2O2S. The first-order valence-electron chi connectivity index (χ1n) is 3.40. The quantitative estimate of drug-likeness (QED) is 0.542. The molecule has 1 rings (SSSR count). The third kappa shape index (κ3) is 3.17. The fourth-order valence-corrected chi connectivity index (χ4v) is 2.55. The molecule has 0 radical (unpaired) electrons. The average Bonchev–Trinajstić information content (AvgIpc) is 2.06. The smallest absolute Gasteiger partial charge is 0.228 e. The number of nitrogens with two attached hydrogens (primary N) is 1. The molecule has 0 amide bonds. The SMILES string of the molecule is NS(=O)(=O)c1cc(C(F)F)c(I)c(I)n1. The summed E-state index contributed by atoms with van der Waals surface area (Å²) in [6.45, 7) is 0. The van der Waals surface area contributed by atoms with Crippen LogP contribution in [0.3, 0.4) is 0 Å².